The highest BCUT2D eigenvalue weighted by molar-refractivity contribution is 6.09. The Bertz CT molecular complexity index is 3030. The molecule has 3 aliphatic carbocycles. The average Bonchev–Trinajstić information content (AvgIpc) is 3.80. The Balaban J connectivity index is 0.992. The van der Waals surface area contributed by atoms with E-state index in [1.165, 1.54) is 92.2 Å². The zero-order chi connectivity index (χ0) is 40.7. The molecule has 3 aliphatic rings. The molecule has 0 amide bonds. The van der Waals surface area contributed by atoms with Crippen LogP contribution >= 0.6 is 0 Å². The maximum absolute atomic E-state index is 2.57. The minimum absolute atomic E-state index is 0.0726. The molecule has 61 heavy (non-hydrogen) atoms. The average molecular weight is 787 g/mol. The van der Waals surface area contributed by atoms with Crippen LogP contribution in [0.25, 0.3) is 60.9 Å². The molecule has 1 aromatic heterocycles. The molecule has 5 atom stereocenters. The van der Waals surface area contributed by atoms with E-state index in [0.717, 1.165) is 23.2 Å². The summed E-state index contributed by atoms with van der Waals surface area (Å²) in [4.78, 5) is 2.47. The van der Waals surface area contributed by atoms with E-state index in [4.69, 9.17) is 0 Å². The fraction of sp³-hybridized carbons (Fsp3) is 0.186. The van der Waals surface area contributed by atoms with Crippen molar-refractivity contribution >= 4 is 38.9 Å². The van der Waals surface area contributed by atoms with Crippen molar-refractivity contribution in [3.05, 3.63) is 205 Å². The quantitative estimate of drug-likeness (QED) is 0.163. The molecule has 2 heteroatoms. The van der Waals surface area contributed by atoms with E-state index < -0.39 is 0 Å². The smallest absolute Gasteiger partial charge is 0.0541 e. The standard InChI is InChI=1S/C59H50N2/c1-39-34-41-36-40(2)59(45(35-39)37-41)54-20-10-6-17-50(54)53-38-48(32-33-55(53)59)60(46-28-24-43(25-29-46)42-14-4-3-5-15-42)47-30-26-44(27-31-47)49-16-7-11-21-56(49)61-57-22-12-8-18-51(57)52-19-9-13-23-58(52)61/h3-33,38-41,45H,34-37H2,1-2H3/t39-,40+,41-,45-,59?/m0/s1. The maximum Gasteiger partial charge on any atom is 0.0541 e. The first-order valence-electron chi connectivity index (χ1n) is 22.4. The fourth-order valence-electron chi connectivity index (χ4n) is 12.6. The minimum atomic E-state index is 0.0726. The summed E-state index contributed by atoms with van der Waals surface area (Å²) in [5, 5.41) is 2.55. The topological polar surface area (TPSA) is 8.17 Å². The van der Waals surface area contributed by atoms with Gasteiger partial charge in [-0.2, -0.15) is 0 Å². The SMILES string of the molecule is C[C@H]1C[C@@H]2C[C@H](C1)C1(c3ccccc3-c3cc(N(c4ccc(-c5ccccc5)cc4)c4ccc(-c5ccccc5-n5c6ccccc6c6ccccc65)cc4)ccc31)[C@H](C)C2. The molecular formula is C59H50N2. The van der Waals surface area contributed by atoms with E-state index in [1.807, 2.05) is 0 Å². The van der Waals surface area contributed by atoms with E-state index in [1.54, 1.807) is 11.1 Å². The summed E-state index contributed by atoms with van der Waals surface area (Å²) in [5.41, 5.74) is 18.0. The van der Waals surface area contributed by atoms with Gasteiger partial charge in [-0.1, -0.05) is 153 Å². The van der Waals surface area contributed by atoms with Crippen LogP contribution in [0, 0.1) is 23.7 Å². The number of benzene rings is 8. The van der Waals surface area contributed by atoms with Gasteiger partial charge in [-0.25, -0.2) is 0 Å². The second-order valence-electron chi connectivity index (χ2n) is 18.3. The first-order valence-corrected chi connectivity index (χ1v) is 22.4. The molecule has 2 nitrogen and oxygen atoms in total. The van der Waals surface area contributed by atoms with Gasteiger partial charge in [-0.05, 0) is 143 Å². The number of aromatic nitrogens is 1. The molecule has 2 fully saturated rings. The van der Waals surface area contributed by atoms with Gasteiger partial charge in [0, 0.05) is 38.8 Å². The van der Waals surface area contributed by atoms with Crippen LogP contribution in [0.1, 0.15) is 50.7 Å². The lowest BCUT2D eigenvalue weighted by Crippen LogP contribution is -2.49. The molecule has 0 saturated heterocycles. The number of hydrogen-bond donors (Lipinski definition) is 0. The molecule has 8 aromatic carbocycles. The van der Waals surface area contributed by atoms with Crippen molar-refractivity contribution in [1.82, 2.24) is 4.57 Å². The lowest BCUT2D eigenvalue weighted by molar-refractivity contribution is 0.0426. The van der Waals surface area contributed by atoms with Crippen molar-refractivity contribution in [2.24, 2.45) is 23.7 Å². The van der Waals surface area contributed by atoms with Crippen molar-refractivity contribution in [3.8, 4) is 39.1 Å². The van der Waals surface area contributed by atoms with Gasteiger partial charge >= 0.3 is 0 Å². The largest absolute Gasteiger partial charge is 0.310 e. The van der Waals surface area contributed by atoms with Gasteiger partial charge in [-0.3, -0.25) is 0 Å². The highest BCUT2D eigenvalue weighted by Crippen LogP contribution is 2.65. The van der Waals surface area contributed by atoms with Crippen LogP contribution in [0.2, 0.25) is 0 Å². The van der Waals surface area contributed by atoms with Gasteiger partial charge in [-0.15, -0.1) is 0 Å². The molecule has 1 spiro atoms. The molecule has 1 unspecified atom stereocenters. The summed E-state index contributed by atoms with van der Waals surface area (Å²) in [6.07, 6.45) is 5.40. The van der Waals surface area contributed by atoms with E-state index in [0.29, 0.717) is 11.8 Å². The van der Waals surface area contributed by atoms with Crippen LogP contribution in [0.5, 0.6) is 0 Å². The van der Waals surface area contributed by atoms with E-state index in [-0.39, 0.29) is 5.41 Å². The number of para-hydroxylation sites is 3. The highest BCUT2D eigenvalue weighted by Gasteiger charge is 2.56. The Morgan fingerprint density at radius 1 is 0.443 bits per heavy atom. The zero-order valence-electron chi connectivity index (χ0n) is 35.0. The van der Waals surface area contributed by atoms with Crippen LogP contribution in [-0.2, 0) is 5.41 Å². The van der Waals surface area contributed by atoms with Crippen molar-refractivity contribution in [1.29, 1.82) is 0 Å². The molecule has 0 N–H and O–H groups in total. The van der Waals surface area contributed by atoms with E-state index >= 15 is 0 Å². The Morgan fingerprint density at radius 2 is 1.00 bits per heavy atom. The van der Waals surface area contributed by atoms with Crippen LogP contribution < -0.4 is 4.90 Å². The number of anilines is 3. The van der Waals surface area contributed by atoms with Crippen LogP contribution in [0.4, 0.5) is 17.1 Å². The summed E-state index contributed by atoms with van der Waals surface area (Å²) in [6.45, 7) is 5.07. The van der Waals surface area contributed by atoms with Gasteiger partial charge in [0.1, 0.15) is 0 Å². The lowest BCUT2D eigenvalue weighted by atomic mass is 9.49. The van der Waals surface area contributed by atoms with Crippen LogP contribution in [0.3, 0.4) is 0 Å². The molecule has 0 aliphatic heterocycles. The monoisotopic (exact) mass is 786 g/mol. The second kappa shape index (κ2) is 14.2. The van der Waals surface area contributed by atoms with E-state index in [2.05, 4.69) is 217 Å². The van der Waals surface area contributed by atoms with Gasteiger partial charge in [0.15, 0.2) is 0 Å². The van der Waals surface area contributed by atoms with Gasteiger partial charge in [0.05, 0.1) is 16.7 Å². The third-order valence-electron chi connectivity index (χ3n) is 14.9. The molecule has 2 saturated carbocycles. The second-order valence-corrected chi connectivity index (χ2v) is 18.3. The predicted molar refractivity (Wildman–Crippen MR) is 256 cm³/mol. The van der Waals surface area contributed by atoms with Gasteiger partial charge < -0.3 is 9.47 Å². The fourth-order valence-corrected chi connectivity index (χ4v) is 12.6. The Labute approximate surface area is 359 Å². The lowest BCUT2D eigenvalue weighted by Gasteiger charge is -2.54. The summed E-state index contributed by atoms with van der Waals surface area (Å²) in [5.74, 6) is 2.93. The number of rotatable bonds is 6. The molecule has 1 heterocycles. The Kier molecular flexibility index (Phi) is 8.46. The Morgan fingerprint density at radius 3 is 1.72 bits per heavy atom. The normalized spacial score (nSPS) is 21.4. The van der Waals surface area contributed by atoms with E-state index in [9.17, 15) is 0 Å². The summed E-state index contributed by atoms with van der Waals surface area (Å²) in [7, 11) is 0. The maximum atomic E-state index is 2.57. The molecule has 296 valence electrons. The zero-order valence-corrected chi connectivity index (χ0v) is 35.0. The van der Waals surface area contributed by atoms with Crippen LogP contribution in [0.15, 0.2) is 194 Å². The third kappa shape index (κ3) is 5.61. The molecule has 12 rings (SSSR count). The summed E-state index contributed by atoms with van der Waals surface area (Å²) >= 11 is 0. The van der Waals surface area contributed by atoms with Crippen molar-refractivity contribution in [2.75, 3.05) is 4.90 Å². The molecule has 9 aromatic rings. The molecule has 2 bridgehead atoms. The molecular weight excluding hydrogens is 737 g/mol. The van der Waals surface area contributed by atoms with Gasteiger partial charge in [0.2, 0.25) is 0 Å². The van der Waals surface area contributed by atoms with Crippen molar-refractivity contribution in [3.63, 3.8) is 0 Å². The predicted octanol–water partition coefficient (Wildman–Crippen LogP) is 15.9. The van der Waals surface area contributed by atoms with Crippen molar-refractivity contribution < 1.29 is 0 Å². The first kappa shape index (κ1) is 36.2. The summed E-state index contributed by atoms with van der Waals surface area (Å²) < 4.78 is 2.44. The first-order chi connectivity index (χ1) is 30.1. The minimum Gasteiger partial charge on any atom is -0.310 e. The summed E-state index contributed by atoms with van der Waals surface area (Å²) in [6, 6.07) is 72.4. The van der Waals surface area contributed by atoms with Crippen LogP contribution in [-0.4, -0.2) is 4.57 Å². The molecule has 0 radical (unpaired) electrons. The number of nitrogens with zero attached hydrogens (tertiary/aromatic N) is 2. The highest BCUT2D eigenvalue weighted by atomic mass is 15.1. The van der Waals surface area contributed by atoms with Gasteiger partial charge in [0.25, 0.3) is 0 Å². The Hall–Kier alpha value is -6.64. The number of hydrogen-bond acceptors (Lipinski definition) is 1. The number of fused-ring (bicyclic) bond motifs is 11. The van der Waals surface area contributed by atoms with Crippen molar-refractivity contribution in [2.45, 2.75) is 44.9 Å². The third-order valence-corrected chi connectivity index (χ3v) is 14.9.